The molecular weight excluding hydrogens is 136 g/mol. The van der Waals surface area contributed by atoms with Crippen LogP contribution >= 0.6 is 0 Å². The number of carbonyl (C=O) groups is 3. The highest BCUT2D eigenvalue weighted by Crippen LogP contribution is 1.84. The van der Waals surface area contributed by atoms with E-state index in [1.807, 2.05) is 5.32 Å². The van der Waals surface area contributed by atoms with Crippen molar-refractivity contribution in [1.82, 2.24) is 5.32 Å². The van der Waals surface area contributed by atoms with Gasteiger partial charge in [-0.25, -0.2) is 0 Å². The average Bonchev–Trinajstić information content (AvgIpc) is 1.85. The molecule has 5 heteroatoms. The van der Waals surface area contributed by atoms with Crippen LogP contribution in [0.2, 0.25) is 0 Å². The van der Waals surface area contributed by atoms with Crippen molar-refractivity contribution in [2.75, 3.05) is 0 Å². The van der Waals surface area contributed by atoms with Crippen molar-refractivity contribution in [3.63, 3.8) is 0 Å². The minimum atomic E-state index is -0.555. The zero-order chi connectivity index (χ0) is 7.98. The molecule has 10 heavy (non-hydrogen) atoms. The van der Waals surface area contributed by atoms with Crippen molar-refractivity contribution in [2.24, 2.45) is 5.73 Å². The predicted octanol–water partition coefficient (Wildman–Crippen LogP) is -1.48. The Bertz CT molecular complexity index is 155. The first-order valence-electron chi connectivity index (χ1n) is 2.68. The lowest BCUT2D eigenvalue weighted by Gasteiger charge is -1.93. The number of imide groups is 1. The normalized spacial score (nSPS) is 8.40. The Morgan fingerprint density at radius 2 is 2.00 bits per heavy atom. The van der Waals surface area contributed by atoms with Crippen LogP contribution in [0.1, 0.15) is 12.8 Å². The van der Waals surface area contributed by atoms with E-state index in [2.05, 4.69) is 0 Å². The first-order chi connectivity index (χ1) is 4.66. The maximum Gasteiger partial charge on any atom is 0.226 e. The van der Waals surface area contributed by atoms with Crippen LogP contribution in [0, 0.1) is 0 Å². The summed E-state index contributed by atoms with van der Waals surface area (Å²) in [4.78, 5) is 30.1. The number of carbonyl (C=O) groups excluding carboxylic acids is 3. The summed E-state index contributed by atoms with van der Waals surface area (Å²) in [5, 5.41) is 1.87. The molecule has 0 aliphatic carbocycles. The molecule has 0 bridgehead atoms. The molecule has 0 atom stereocenters. The molecule has 0 radical (unpaired) electrons. The SMILES string of the molecule is NC(=O)CCC(=O)NC=O. The molecule has 0 saturated heterocycles. The van der Waals surface area contributed by atoms with Gasteiger partial charge in [-0.3, -0.25) is 19.7 Å². The maximum absolute atomic E-state index is 10.4. The predicted molar refractivity (Wildman–Crippen MR) is 32.6 cm³/mol. The Morgan fingerprint density at radius 3 is 2.40 bits per heavy atom. The molecule has 0 unspecified atom stereocenters. The second-order valence-electron chi connectivity index (χ2n) is 1.65. The molecule has 0 saturated carbocycles. The number of nitrogens with two attached hydrogens (primary N) is 1. The first-order valence-corrected chi connectivity index (χ1v) is 2.68. The van der Waals surface area contributed by atoms with Gasteiger partial charge in [0.05, 0.1) is 0 Å². The summed E-state index contributed by atoms with van der Waals surface area (Å²) in [6.07, 6.45) is 0.205. The number of rotatable bonds is 4. The van der Waals surface area contributed by atoms with E-state index in [9.17, 15) is 14.4 Å². The highest BCUT2D eigenvalue weighted by molar-refractivity contribution is 5.88. The summed E-state index contributed by atoms with van der Waals surface area (Å²) in [7, 11) is 0. The average molecular weight is 144 g/mol. The van der Waals surface area contributed by atoms with E-state index in [1.165, 1.54) is 0 Å². The van der Waals surface area contributed by atoms with Crippen molar-refractivity contribution >= 4 is 18.2 Å². The third-order valence-corrected chi connectivity index (χ3v) is 0.818. The number of amides is 3. The standard InChI is InChI=1S/C5H8N2O3/c6-4(9)1-2-5(10)7-3-8/h3H,1-2H2,(H2,6,9)(H,7,8,10). The van der Waals surface area contributed by atoms with Crippen LogP contribution in [0.4, 0.5) is 0 Å². The molecule has 0 aromatic carbocycles. The summed E-state index contributed by atoms with van der Waals surface area (Å²) in [5.41, 5.74) is 4.73. The lowest BCUT2D eigenvalue weighted by atomic mass is 10.3. The minimum absolute atomic E-state index is 0.0281. The maximum atomic E-state index is 10.4. The zero-order valence-corrected chi connectivity index (χ0v) is 5.29. The highest BCUT2D eigenvalue weighted by atomic mass is 16.2. The van der Waals surface area contributed by atoms with E-state index >= 15 is 0 Å². The molecule has 0 aliphatic heterocycles. The Labute approximate surface area is 57.6 Å². The molecular formula is C5H8N2O3. The molecule has 56 valence electrons. The number of primary amides is 1. The van der Waals surface area contributed by atoms with Gasteiger partial charge in [0.2, 0.25) is 18.2 Å². The second-order valence-corrected chi connectivity index (χ2v) is 1.65. The fourth-order valence-electron chi connectivity index (χ4n) is 0.375. The Balaban J connectivity index is 3.39. The molecule has 0 fully saturated rings. The van der Waals surface area contributed by atoms with Crippen molar-refractivity contribution in [3.05, 3.63) is 0 Å². The zero-order valence-electron chi connectivity index (χ0n) is 5.29. The first kappa shape index (κ1) is 8.61. The van der Waals surface area contributed by atoms with E-state index < -0.39 is 11.8 Å². The molecule has 0 aromatic rings. The van der Waals surface area contributed by atoms with Gasteiger partial charge < -0.3 is 5.73 Å². The minimum Gasteiger partial charge on any atom is -0.370 e. The van der Waals surface area contributed by atoms with Gasteiger partial charge in [0.1, 0.15) is 0 Å². The molecule has 3 N–H and O–H groups in total. The van der Waals surface area contributed by atoms with Gasteiger partial charge in [0.25, 0.3) is 0 Å². The van der Waals surface area contributed by atoms with Crippen molar-refractivity contribution in [2.45, 2.75) is 12.8 Å². The van der Waals surface area contributed by atoms with Crippen LogP contribution in [0.3, 0.4) is 0 Å². The summed E-state index contributed by atoms with van der Waals surface area (Å²) in [6.45, 7) is 0. The summed E-state index contributed by atoms with van der Waals surface area (Å²) in [6, 6.07) is 0. The molecule has 3 amide bonds. The smallest absolute Gasteiger partial charge is 0.226 e. The van der Waals surface area contributed by atoms with Gasteiger partial charge in [0.15, 0.2) is 0 Å². The van der Waals surface area contributed by atoms with Crippen LogP contribution in [-0.4, -0.2) is 18.2 Å². The number of hydrogen-bond donors (Lipinski definition) is 2. The van der Waals surface area contributed by atoms with E-state index in [0.29, 0.717) is 0 Å². The molecule has 0 aliphatic rings. The summed E-state index contributed by atoms with van der Waals surface area (Å²) < 4.78 is 0. The van der Waals surface area contributed by atoms with Crippen molar-refractivity contribution in [3.8, 4) is 0 Å². The monoisotopic (exact) mass is 144 g/mol. The van der Waals surface area contributed by atoms with E-state index in [4.69, 9.17) is 5.73 Å². The number of hydrogen-bond acceptors (Lipinski definition) is 3. The molecule has 0 spiro atoms. The van der Waals surface area contributed by atoms with Gasteiger partial charge in [-0.1, -0.05) is 0 Å². The van der Waals surface area contributed by atoms with Gasteiger partial charge >= 0.3 is 0 Å². The highest BCUT2D eigenvalue weighted by Gasteiger charge is 2.01. The largest absolute Gasteiger partial charge is 0.370 e. The molecule has 0 rings (SSSR count). The van der Waals surface area contributed by atoms with Crippen molar-refractivity contribution in [1.29, 1.82) is 0 Å². The fourth-order valence-corrected chi connectivity index (χ4v) is 0.375. The summed E-state index contributed by atoms with van der Waals surface area (Å²) in [5.74, 6) is -1.05. The van der Waals surface area contributed by atoms with Gasteiger partial charge in [-0.15, -0.1) is 0 Å². The molecule has 0 heterocycles. The van der Waals surface area contributed by atoms with Crippen LogP contribution < -0.4 is 11.1 Å². The van der Waals surface area contributed by atoms with Crippen LogP contribution in [0.15, 0.2) is 0 Å². The fraction of sp³-hybridized carbons (Fsp3) is 0.400. The van der Waals surface area contributed by atoms with E-state index in [0.717, 1.165) is 0 Å². The third kappa shape index (κ3) is 4.76. The van der Waals surface area contributed by atoms with Gasteiger partial charge in [-0.2, -0.15) is 0 Å². The molecule has 0 aromatic heterocycles. The van der Waals surface area contributed by atoms with Crippen molar-refractivity contribution < 1.29 is 14.4 Å². The van der Waals surface area contributed by atoms with Gasteiger partial charge in [-0.05, 0) is 0 Å². The van der Waals surface area contributed by atoms with Crippen LogP contribution in [0.25, 0.3) is 0 Å². The lowest BCUT2D eigenvalue weighted by molar-refractivity contribution is -0.127. The Hall–Kier alpha value is -1.39. The third-order valence-electron chi connectivity index (χ3n) is 0.818. The van der Waals surface area contributed by atoms with Crippen LogP contribution in [-0.2, 0) is 14.4 Å². The second kappa shape index (κ2) is 4.49. The van der Waals surface area contributed by atoms with Crippen LogP contribution in [0.5, 0.6) is 0 Å². The summed E-state index contributed by atoms with van der Waals surface area (Å²) >= 11 is 0. The van der Waals surface area contributed by atoms with E-state index in [1.54, 1.807) is 0 Å². The Kier molecular flexibility index (Phi) is 3.86. The topological polar surface area (TPSA) is 89.3 Å². The molecule has 5 nitrogen and oxygen atoms in total. The van der Waals surface area contributed by atoms with Gasteiger partial charge in [0, 0.05) is 12.8 Å². The lowest BCUT2D eigenvalue weighted by Crippen LogP contribution is -2.23. The number of nitrogens with one attached hydrogen (secondary N) is 1. The Morgan fingerprint density at radius 1 is 1.40 bits per heavy atom. The quantitative estimate of drug-likeness (QED) is 0.472. The van der Waals surface area contributed by atoms with E-state index in [-0.39, 0.29) is 19.3 Å².